The van der Waals surface area contributed by atoms with Crippen molar-refractivity contribution >= 4 is 10.9 Å². The van der Waals surface area contributed by atoms with Gasteiger partial charge in [-0.15, -0.1) is 0 Å². The van der Waals surface area contributed by atoms with E-state index in [1.807, 2.05) is 11.7 Å². The summed E-state index contributed by atoms with van der Waals surface area (Å²) in [5, 5.41) is 9.51. The lowest BCUT2D eigenvalue weighted by Crippen LogP contribution is -2.26. The van der Waals surface area contributed by atoms with Gasteiger partial charge in [0.25, 0.3) is 0 Å². The number of rotatable bonds is 1. The Morgan fingerprint density at radius 3 is 2.82 bits per heavy atom. The highest BCUT2D eigenvalue weighted by Gasteiger charge is 2.21. The summed E-state index contributed by atoms with van der Waals surface area (Å²) in [7, 11) is 2.04. The molecule has 90 valence electrons. The van der Waals surface area contributed by atoms with Gasteiger partial charge < -0.3 is 5.32 Å². The summed E-state index contributed by atoms with van der Waals surface area (Å²) in [6.07, 6.45) is 2.42. The van der Waals surface area contributed by atoms with E-state index < -0.39 is 0 Å². The molecule has 0 unspecified atom stereocenters. The largest absolute Gasteiger partial charge is 0.317 e. The average molecular weight is 229 g/mol. The predicted molar refractivity (Wildman–Crippen MR) is 70.3 cm³/mol. The normalized spacial score (nSPS) is 17.8. The Bertz CT molecular complexity index is 536. The van der Waals surface area contributed by atoms with Crippen molar-refractivity contribution in [3.63, 3.8) is 0 Å². The maximum absolute atomic E-state index is 4.74. The van der Waals surface area contributed by atoms with E-state index in [2.05, 4.69) is 30.4 Å². The summed E-state index contributed by atoms with van der Waals surface area (Å²) in [6.45, 7) is 4.39. The van der Waals surface area contributed by atoms with Crippen LogP contribution in [0.3, 0.4) is 0 Å². The second-order valence-corrected chi connectivity index (χ2v) is 5.05. The first kappa shape index (κ1) is 10.8. The van der Waals surface area contributed by atoms with E-state index in [9.17, 15) is 0 Å². The molecule has 1 aliphatic heterocycles. The smallest absolute Gasteiger partial charge is 0.0735 e. The van der Waals surface area contributed by atoms with E-state index in [-0.39, 0.29) is 0 Å². The van der Waals surface area contributed by atoms with E-state index in [0.717, 1.165) is 13.1 Å². The summed E-state index contributed by atoms with van der Waals surface area (Å²) >= 11 is 0. The lowest BCUT2D eigenvalue weighted by Gasteiger charge is -2.21. The second-order valence-electron chi connectivity index (χ2n) is 5.05. The molecular formula is C14H19N3. The zero-order chi connectivity index (χ0) is 11.8. The van der Waals surface area contributed by atoms with Crippen molar-refractivity contribution in [2.75, 3.05) is 13.1 Å². The minimum absolute atomic E-state index is 0.627. The number of benzene rings is 1. The summed E-state index contributed by atoms with van der Waals surface area (Å²) in [5.41, 5.74) is 3.87. The van der Waals surface area contributed by atoms with Crippen molar-refractivity contribution in [1.29, 1.82) is 0 Å². The van der Waals surface area contributed by atoms with Crippen molar-refractivity contribution in [2.24, 2.45) is 7.05 Å². The van der Waals surface area contributed by atoms with Crippen LogP contribution >= 0.6 is 0 Å². The third-order valence-corrected chi connectivity index (χ3v) is 3.76. The molecule has 0 radical (unpaired) electrons. The third kappa shape index (κ3) is 1.84. The van der Waals surface area contributed by atoms with Crippen molar-refractivity contribution in [3.05, 3.63) is 29.5 Å². The molecule has 1 aliphatic rings. The van der Waals surface area contributed by atoms with Crippen molar-refractivity contribution < 1.29 is 0 Å². The van der Waals surface area contributed by atoms with E-state index in [1.54, 1.807) is 0 Å². The average Bonchev–Trinajstić information content (AvgIpc) is 2.67. The Balaban J connectivity index is 2.11. The molecular weight excluding hydrogens is 210 g/mol. The van der Waals surface area contributed by atoms with Gasteiger partial charge in [0.05, 0.1) is 11.2 Å². The van der Waals surface area contributed by atoms with Gasteiger partial charge in [-0.2, -0.15) is 5.10 Å². The topological polar surface area (TPSA) is 29.9 Å². The fourth-order valence-electron chi connectivity index (χ4n) is 2.80. The Labute approximate surface area is 102 Å². The van der Waals surface area contributed by atoms with E-state index in [0.29, 0.717) is 5.92 Å². The number of aryl methyl sites for hydroxylation is 2. The van der Waals surface area contributed by atoms with Crippen LogP contribution in [0.5, 0.6) is 0 Å². The molecule has 0 atom stereocenters. The highest BCUT2D eigenvalue weighted by molar-refractivity contribution is 5.83. The van der Waals surface area contributed by atoms with Crippen LogP contribution in [0.2, 0.25) is 0 Å². The Morgan fingerprint density at radius 2 is 2.06 bits per heavy atom. The van der Waals surface area contributed by atoms with E-state index >= 15 is 0 Å². The van der Waals surface area contributed by atoms with Crippen LogP contribution in [0.4, 0.5) is 0 Å². The number of hydrogen-bond donors (Lipinski definition) is 1. The minimum Gasteiger partial charge on any atom is -0.317 e. The molecule has 0 bridgehead atoms. The van der Waals surface area contributed by atoms with Gasteiger partial charge in [0.1, 0.15) is 0 Å². The molecule has 0 saturated carbocycles. The summed E-state index contributed by atoms with van der Waals surface area (Å²) in [5.74, 6) is 0.627. The SMILES string of the molecule is Cc1ccc2c(c1)c(C1CCNCC1)nn2C. The number of hydrogen-bond acceptors (Lipinski definition) is 2. The van der Waals surface area contributed by atoms with Crippen LogP contribution in [0.1, 0.15) is 30.0 Å². The van der Waals surface area contributed by atoms with Gasteiger partial charge in [-0.25, -0.2) is 0 Å². The van der Waals surface area contributed by atoms with Gasteiger partial charge in [-0.3, -0.25) is 4.68 Å². The highest BCUT2D eigenvalue weighted by Crippen LogP contribution is 2.30. The number of fused-ring (bicyclic) bond motifs is 1. The Morgan fingerprint density at radius 1 is 1.29 bits per heavy atom. The van der Waals surface area contributed by atoms with E-state index in [1.165, 1.54) is 35.0 Å². The van der Waals surface area contributed by atoms with Gasteiger partial charge in [0, 0.05) is 18.4 Å². The van der Waals surface area contributed by atoms with Gasteiger partial charge in [0.15, 0.2) is 0 Å². The van der Waals surface area contributed by atoms with Gasteiger partial charge in [-0.05, 0) is 45.0 Å². The fraction of sp³-hybridized carbons (Fsp3) is 0.500. The van der Waals surface area contributed by atoms with Crippen LogP contribution in [0, 0.1) is 6.92 Å². The monoisotopic (exact) mass is 229 g/mol. The molecule has 1 saturated heterocycles. The predicted octanol–water partition coefficient (Wildman–Crippen LogP) is 2.35. The first-order chi connectivity index (χ1) is 8.25. The number of nitrogens with zero attached hydrogens (tertiary/aromatic N) is 2. The molecule has 0 spiro atoms. The third-order valence-electron chi connectivity index (χ3n) is 3.76. The van der Waals surface area contributed by atoms with Crippen molar-refractivity contribution in [1.82, 2.24) is 15.1 Å². The molecule has 2 aromatic rings. The maximum atomic E-state index is 4.74. The highest BCUT2D eigenvalue weighted by atomic mass is 15.3. The molecule has 1 N–H and O–H groups in total. The molecule has 1 aromatic carbocycles. The first-order valence-electron chi connectivity index (χ1n) is 6.39. The molecule has 1 aromatic heterocycles. The number of aromatic nitrogens is 2. The summed E-state index contributed by atoms with van der Waals surface area (Å²) in [4.78, 5) is 0. The molecule has 2 heterocycles. The van der Waals surface area contributed by atoms with Crippen LogP contribution in [-0.4, -0.2) is 22.9 Å². The summed E-state index contributed by atoms with van der Waals surface area (Å²) in [6, 6.07) is 6.62. The number of piperidine rings is 1. The molecule has 0 aliphatic carbocycles. The zero-order valence-electron chi connectivity index (χ0n) is 10.5. The lowest BCUT2D eigenvalue weighted by atomic mass is 9.92. The van der Waals surface area contributed by atoms with Crippen LogP contribution in [0.25, 0.3) is 10.9 Å². The Kier molecular flexibility index (Phi) is 2.63. The molecule has 1 fully saturated rings. The van der Waals surface area contributed by atoms with Crippen LogP contribution in [0.15, 0.2) is 18.2 Å². The Hall–Kier alpha value is -1.35. The lowest BCUT2D eigenvalue weighted by molar-refractivity contribution is 0.452. The van der Waals surface area contributed by atoms with Crippen molar-refractivity contribution in [2.45, 2.75) is 25.7 Å². The standard InChI is InChI=1S/C14H19N3/c1-10-3-4-13-12(9-10)14(16-17(13)2)11-5-7-15-8-6-11/h3-4,9,11,15H,5-8H2,1-2H3. The van der Waals surface area contributed by atoms with Gasteiger partial charge in [0.2, 0.25) is 0 Å². The van der Waals surface area contributed by atoms with Crippen LogP contribution in [-0.2, 0) is 7.05 Å². The number of nitrogens with one attached hydrogen (secondary N) is 1. The van der Waals surface area contributed by atoms with Gasteiger partial charge >= 0.3 is 0 Å². The first-order valence-corrected chi connectivity index (χ1v) is 6.39. The van der Waals surface area contributed by atoms with Gasteiger partial charge in [-0.1, -0.05) is 11.6 Å². The van der Waals surface area contributed by atoms with Crippen molar-refractivity contribution in [3.8, 4) is 0 Å². The van der Waals surface area contributed by atoms with E-state index in [4.69, 9.17) is 5.10 Å². The molecule has 3 nitrogen and oxygen atoms in total. The molecule has 17 heavy (non-hydrogen) atoms. The molecule has 0 amide bonds. The maximum Gasteiger partial charge on any atom is 0.0735 e. The quantitative estimate of drug-likeness (QED) is 0.813. The molecule has 3 rings (SSSR count). The zero-order valence-corrected chi connectivity index (χ0v) is 10.5. The fourth-order valence-corrected chi connectivity index (χ4v) is 2.80. The second kappa shape index (κ2) is 4.15. The minimum atomic E-state index is 0.627. The molecule has 3 heteroatoms. The van der Waals surface area contributed by atoms with Crippen LogP contribution < -0.4 is 5.32 Å². The summed E-state index contributed by atoms with van der Waals surface area (Å²) < 4.78 is 2.02.